The SMILES string of the molecule is CC(C)(C)OC(=O)Nc1cc(C(F)(F)F)c2nc1-c1nnc(o1)[C@@](OCc1ccccc1)(C(F)(F)F)C/C=C\CCC1(CCC1)C2=O. The van der Waals surface area contributed by atoms with E-state index in [2.05, 4.69) is 20.5 Å². The molecule has 1 aliphatic heterocycles. The zero-order chi connectivity index (χ0) is 34.3. The molecule has 0 radical (unpaired) electrons. The zero-order valence-electron chi connectivity index (χ0n) is 25.7. The molecule has 47 heavy (non-hydrogen) atoms. The Morgan fingerprint density at radius 3 is 2.28 bits per heavy atom. The minimum atomic E-state index is -5.12. The van der Waals surface area contributed by atoms with Gasteiger partial charge in [0.15, 0.2) is 11.5 Å². The number of amides is 1. The molecule has 1 amide bonds. The summed E-state index contributed by atoms with van der Waals surface area (Å²) < 4.78 is 105. The lowest BCUT2D eigenvalue weighted by Gasteiger charge is -2.40. The van der Waals surface area contributed by atoms with Gasteiger partial charge in [-0.2, -0.15) is 26.3 Å². The maximum Gasteiger partial charge on any atom is 0.426 e. The Bertz CT molecular complexity index is 1660. The third-order valence-electron chi connectivity index (χ3n) is 8.09. The van der Waals surface area contributed by atoms with Crippen LogP contribution in [-0.4, -0.2) is 38.8 Å². The molecule has 0 unspecified atom stereocenters. The molecule has 15 heteroatoms. The molecule has 1 saturated carbocycles. The third-order valence-corrected chi connectivity index (χ3v) is 8.09. The van der Waals surface area contributed by atoms with Gasteiger partial charge in [-0.05, 0) is 58.1 Å². The lowest BCUT2D eigenvalue weighted by Crippen LogP contribution is -2.45. The fraction of sp³-hybridized carbons (Fsp3) is 0.469. The summed E-state index contributed by atoms with van der Waals surface area (Å²) >= 11 is 0. The van der Waals surface area contributed by atoms with Crippen molar-refractivity contribution in [2.24, 2.45) is 5.41 Å². The first-order valence-electron chi connectivity index (χ1n) is 14.9. The van der Waals surface area contributed by atoms with E-state index in [0.717, 1.165) is 0 Å². The molecule has 1 N–H and O–H groups in total. The van der Waals surface area contributed by atoms with E-state index >= 15 is 13.2 Å². The number of Topliss-reactive ketones (excluding diaryl/α,β-unsaturated/α-hetero) is 1. The number of ketones is 1. The van der Waals surface area contributed by atoms with E-state index in [4.69, 9.17) is 13.9 Å². The number of pyridine rings is 1. The molecule has 1 spiro atoms. The van der Waals surface area contributed by atoms with Crippen LogP contribution in [0, 0.1) is 5.41 Å². The second-order valence-corrected chi connectivity index (χ2v) is 12.6. The number of hydrogen-bond donors (Lipinski definition) is 1. The summed E-state index contributed by atoms with van der Waals surface area (Å²) in [5.74, 6) is -2.71. The van der Waals surface area contributed by atoms with E-state index in [1.165, 1.54) is 32.9 Å². The van der Waals surface area contributed by atoms with Crippen molar-refractivity contribution in [3.05, 3.63) is 71.3 Å². The smallest absolute Gasteiger partial charge is 0.426 e. The van der Waals surface area contributed by atoms with Gasteiger partial charge in [-0.1, -0.05) is 48.9 Å². The first-order valence-corrected chi connectivity index (χ1v) is 14.9. The van der Waals surface area contributed by atoms with Crippen LogP contribution in [0.1, 0.15) is 86.8 Å². The van der Waals surface area contributed by atoms with Crippen molar-refractivity contribution in [3.63, 3.8) is 0 Å². The Kier molecular flexibility index (Phi) is 8.99. The fourth-order valence-corrected chi connectivity index (χ4v) is 5.54. The fourth-order valence-electron chi connectivity index (χ4n) is 5.54. The zero-order valence-corrected chi connectivity index (χ0v) is 25.7. The quantitative estimate of drug-likeness (QED) is 0.218. The standard InChI is InChI=1S/C32H32F6N4O5/c1-28(2,3)47-27(44)39-21-17-20(31(33,34)35)22-24(43)29(14-10-15-29)13-8-5-9-16-30(32(36,37)38,45-18-19-11-6-4-7-12-19)26-42-41-25(46-26)23(21)40-22/h4-7,9,11-12,17H,8,10,13-16,18H2,1-3H3,(H,39,44)/b9-5-/t30-/m1/s1. The lowest BCUT2D eigenvalue weighted by atomic mass is 9.62. The Morgan fingerprint density at radius 2 is 1.68 bits per heavy atom. The van der Waals surface area contributed by atoms with Gasteiger partial charge in [0, 0.05) is 11.8 Å². The van der Waals surface area contributed by atoms with Gasteiger partial charge in [0.05, 0.1) is 17.9 Å². The number of aromatic nitrogens is 3. The minimum Gasteiger partial charge on any atom is -0.444 e. The average molecular weight is 667 g/mol. The van der Waals surface area contributed by atoms with Gasteiger partial charge >= 0.3 is 18.4 Å². The van der Waals surface area contributed by atoms with Gasteiger partial charge in [0.1, 0.15) is 11.3 Å². The molecule has 0 saturated heterocycles. The lowest BCUT2D eigenvalue weighted by molar-refractivity contribution is -0.295. The first-order chi connectivity index (χ1) is 21.9. The number of nitrogens with one attached hydrogen (secondary N) is 1. The summed E-state index contributed by atoms with van der Waals surface area (Å²) in [6.45, 7) is 4.04. The van der Waals surface area contributed by atoms with Crippen molar-refractivity contribution in [2.45, 2.75) is 89.5 Å². The molecule has 1 fully saturated rings. The number of halogens is 6. The normalized spacial score (nSPS) is 20.7. The van der Waals surface area contributed by atoms with Gasteiger partial charge in [0.25, 0.3) is 11.8 Å². The van der Waals surface area contributed by atoms with Gasteiger partial charge in [-0.25, -0.2) is 9.78 Å². The van der Waals surface area contributed by atoms with Gasteiger partial charge in [-0.3, -0.25) is 10.1 Å². The second-order valence-electron chi connectivity index (χ2n) is 12.6. The van der Waals surface area contributed by atoms with E-state index in [1.54, 1.807) is 30.3 Å². The van der Waals surface area contributed by atoms with Crippen molar-refractivity contribution in [1.29, 1.82) is 0 Å². The van der Waals surface area contributed by atoms with Crippen LogP contribution in [0.2, 0.25) is 0 Å². The monoisotopic (exact) mass is 666 g/mol. The molecule has 5 rings (SSSR count). The van der Waals surface area contributed by atoms with E-state index < -0.39 is 88.3 Å². The summed E-state index contributed by atoms with van der Waals surface area (Å²) in [6.07, 6.45) is -8.27. The van der Waals surface area contributed by atoms with Crippen molar-refractivity contribution < 1.29 is 49.8 Å². The highest BCUT2D eigenvalue weighted by Gasteiger charge is 2.61. The largest absolute Gasteiger partial charge is 0.444 e. The number of allylic oxidation sites excluding steroid dienone is 1. The van der Waals surface area contributed by atoms with E-state index in [-0.39, 0.29) is 25.7 Å². The Morgan fingerprint density at radius 1 is 0.979 bits per heavy atom. The number of benzene rings is 1. The number of alkyl halides is 6. The van der Waals surface area contributed by atoms with Gasteiger partial charge in [-0.15, -0.1) is 10.2 Å². The molecule has 3 aromatic rings. The van der Waals surface area contributed by atoms with Crippen LogP contribution in [0.4, 0.5) is 36.8 Å². The molecular weight excluding hydrogens is 634 g/mol. The maximum absolute atomic E-state index is 15.0. The number of fused-ring (bicyclic) bond motifs is 5. The molecule has 1 aliphatic carbocycles. The van der Waals surface area contributed by atoms with Gasteiger partial charge < -0.3 is 13.9 Å². The van der Waals surface area contributed by atoms with E-state index in [9.17, 15) is 22.8 Å². The van der Waals surface area contributed by atoms with Crippen molar-refractivity contribution in [3.8, 4) is 11.6 Å². The summed E-state index contributed by atoms with van der Waals surface area (Å²) in [6, 6.07) is 8.55. The Balaban J connectivity index is 1.72. The van der Waals surface area contributed by atoms with Crippen LogP contribution < -0.4 is 5.32 Å². The number of rotatable bonds is 4. The van der Waals surface area contributed by atoms with Crippen LogP contribution in [0.5, 0.6) is 0 Å². The topological polar surface area (TPSA) is 116 Å². The van der Waals surface area contributed by atoms with Crippen molar-refractivity contribution >= 4 is 17.6 Å². The number of carbonyl (C=O) groups excluding carboxylic acids is 2. The predicted octanol–water partition coefficient (Wildman–Crippen LogP) is 8.56. The molecule has 1 aromatic carbocycles. The predicted molar refractivity (Wildman–Crippen MR) is 155 cm³/mol. The third kappa shape index (κ3) is 7.04. The first kappa shape index (κ1) is 34.1. The van der Waals surface area contributed by atoms with E-state index in [0.29, 0.717) is 18.1 Å². The number of carbonyl (C=O) groups is 2. The number of nitrogens with zero attached hydrogens (tertiary/aromatic N) is 3. The van der Waals surface area contributed by atoms with E-state index in [1.807, 2.05) is 0 Å². The molecule has 252 valence electrons. The number of ether oxygens (including phenoxy) is 2. The summed E-state index contributed by atoms with van der Waals surface area (Å²) in [4.78, 5) is 30.6. The van der Waals surface area contributed by atoms with Crippen LogP contribution in [0.25, 0.3) is 11.6 Å². The van der Waals surface area contributed by atoms with Crippen molar-refractivity contribution in [1.82, 2.24) is 15.2 Å². The molecular formula is C32H32F6N4O5. The summed E-state index contributed by atoms with van der Waals surface area (Å²) in [5, 5.41) is 9.50. The van der Waals surface area contributed by atoms with Crippen molar-refractivity contribution in [2.75, 3.05) is 5.32 Å². The average Bonchev–Trinajstić information content (AvgIpc) is 3.43. The number of hydrogen-bond acceptors (Lipinski definition) is 8. The molecule has 2 aliphatic rings. The number of anilines is 1. The van der Waals surface area contributed by atoms with Crippen LogP contribution in [0.15, 0.2) is 53.0 Å². The molecule has 3 heterocycles. The molecule has 9 nitrogen and oxygen atoms in total. The van der Waals surface area contributed by atoms with Crippen LogP contribution >= 0.6 is 0 Å². The van der Waals surface area contributed by atoms with Gasteiger partial charge in [0.2, 0.25) is 5.60 Å². The maximum atomic E-state index is 15.0. The molecule has 2 aromatic heterocycles. The molecule has 4 bridgehead atoms. The highest BCUT2D eigenvalue weighted by Crippen LogP contribution is 2.50. The second kappa shape index (κ2) is 12.4. The summed E-state index contributed by atoms with van der Waals surface area (Å²) in [5.41, 5.74) is -8.77. The highest BCUT2D eigenvalue weighted by atomic mass is 19.4. The van der Waals surface area contributed by atoms with Crippen LogP contribution in [-0.2, 0) is 27.9 Å². The van der Waals surface area contributed by atoms with Crippen LogP contribution in [0.3, 0.4) is 0 Å². The molecule has 1 atom stereocenters. The minimum absolute atomic E-state index is 0.0802. The Labute approximate surface area is 265 Å². The highest BCUT2D eigenvalue weighted by molar-refractivity contribution is 6.02. The summed E-state index contributed by atoms with van der Waals surface area (Å²) in [7, 11) is 0. The Hall–Kier alpha value is -4.27.